The van der Waals surface area contributed by atoms with Crippen molar-refractivity contribution in [1.29, 1.82) is 0 Å². The summed E-state index contributed by atoms with van der Waals surface area (Å²) in [6.07, 6.45) is 1.59. The van der Waals surface area contributed by atoms with Gasteiger partial charge in [-0.3, -0.25) is 4.79 Å². The van der Waals surface area contributed by atoms with Crippen LogP contribution in [0.2, 0.25) is 0 Å². The van der Waals surface area contributed by atoms with Crippen LogP contribution in [-0.4, -0.2) is 36.5 Å². The number of amides is 1. The maximum Gasteiger partial charge on any atom is 0.252 e. The Labute approximate surface area is 153 Å². The topological polar surface area (TPSA) is 70.2 Å². The van der Waals surface area contributed by atoms with Gasteiger partial charge in [0.25, 0.3) is 5.91 Å². The number of carbonyl (C=O) groups excluding carboxylic acids is 1. The summed E-state index contributed by atoms with van der Waals surface area (Å²) in [7, 11) is 3.96. The first-order chi connectivity index (χ1) is 12.6. The lowest BCUT2D eigenvalue weighted by molar-refractivity contribution is 0.0955. The van der Waals surface area contributed by atoms with Crippen LogP contribution in [-0.2, 0) is 6.54 Å². The molecule has 0 aliphatic carbocycles. The third kappa shape index (κ3) is 3.91. The van der Waals surface area contributed by atoms with Gasteiger partial charge in [-0.1, -0.05) is 18.2 Å². The number of nitrogens with one attached hydrogen (secondary N) is 2. The Balaban J connectivity index is 1.80. The zero-order valence-electron chi connectivity index (χ0n) is 15.3. The Morgan fingerprint density at radius 1 is 1.15 bits per heavy atom. The lowest BCUT2D eigenvalue weighted by Crippen LogP contribution is -2.22. The van der Waals surface area contributed by atoms with Crippen molar-refractivity contribution in [3.8, 4) is 0 Å². The summed E-state index contributed by atoms with van der Waals surface area (Å²) in [4.78, 5) is 22.8. The molecule has 0 spiro atoms. The van der Waals surface area contributed by atoms with Crippen molar-refractivity contribution in [1.82, 2.24) is 15.3 Å². The van der Waals surface area contributed by atoms with Crippen molar-refractivity contribution in [3.63, 3.8) is 0 Å². The van der Waals surface area contributed by atoms with E-state index in [1.54, 1.807) is 12.3 Å². The molecule has 1 aromatic carbocycles. The van der Waals surface area contributed by atoms with Gasteiger partial charge in [0.2, 0.25) is 0 Å². The fourth-order valence-electron chi connectivity index (χ4n) is 2.69. The van der Waals surface area contributed by atoms with Crippen LogP contribution >= 0.6 is 0 Å². The Morgan fingerprint density at radius 2 is 1.96 bits per heavy atom. The summed E-state index contributed by atoms with van der Waals surface area (Å²) in [6.45, 7) is 3.11. The molecule has 0 bridgehead atoms. The van der Waals surface area contributed by atoms with Gasteiger partial charge < -0.3 is 15.5 Å². The smallest absolute Gasteiger partial charge is 0.252 e. The number of nitrogens with zero attached hydrogens (tertiary/aromatic N) is 3. The average Bonchev–Trinajstić information content (AvgIpc) is 2.66. The van der Waals surface area contributed by atoms with Crippen molar-refractivity contribution in [2.24, 2.45) is 0 Å². The minimum atomic E-state index is -0.109. The van der Waals surface area contributed by atoms with Gasteiger partial charge in [0.05, 0.1) is 11.1 Å². The van der Waals surface area contributed by atoms with Crippen LogP contribution in [0.5, 0.6) is 0 Å². The van der Waals surface area contributed by atoms with Crippen molar-refractivity contribution < 1.29 is 4.79 Å². The second-order valence-corrected chi connectivity index (χ2v) is 6.20. The molecule has 0 atom stereocenters. The van der Waals surface area contributed by atoms with E-state index in [-0.39, 0.29) is 5.91 Å². The Morgan fingerprint density at radius 3 is 2.65 bits per heavy atom. The fourth-order valence-corrected chi connectivity index (χ4v) is 2.69. The van der Waals surface area contributed by atoms with E-state index in [0.717, 1.165) is 28.1 Å². The van der Waals surface area contributed by atoms with Crippen LogP contribution in [0.15, 0.2) is 48.7 Å². The van der Waals surface area contributed by atoms with Gasteiger partial charge in [-0.25, -0.2) is 9.97 Å². The number of benzene rings is 1. The molecule has 2 heterocycles. The Hall–Kier alpha value is -3.15. The summed E-state index contributed by atoms with van der Waals surface area (Å²) in [5.74, 6) is 1.53. The number of carbonyl (C=O) groups is 1. The maximum atomic E-state index is 11.8. The van der Waals surface area contributed by atoms with Crippen molar-refractivity contribution >= 4 is 28.4 Å². The van der Waals surface area contributed by atoms with Crippen molar-refractivity contribution in [3.05, 3.63) is 59.8 Å². The van der Waals surface area contributed by atoms with Crippen LogP contribution < -0.4 is 15.5 Å². The number of hydrogen-bond donors (Lipinski definition) is 2. The van der Waals surface area contributed by atoms with Crippen LogP contribution in [0.3, 0.4) is 0 Å². The van der Waals surface area contributed by atoms with Crippen molar-refractivity contribution in [2.45, 2.75) is 13.5 Å². The highest BCUT2D eigenvalue weighted by Gasteiger charge is 2.08. The van der Waals surface area contributed by atoms with E-state index >= 15 is 0 Å². The third-order valence-corrected chi connectivity index (χ3v) is 4.07. The van der Waals surface area contributed by atoms with Crippen LogP contribution in [0.4, 0.5) is 11.6 Å². The molecule has 0 saturated carbocycles. The Bertz CT molecular complexity index is 906. The first kappa shape index (κ1) is 17.7. The first-order valence-electron chi connectivity index (χ1n) is 8.62. The van der Waals surface area contributed by atoms with Crippen LogP contribution in [0, 0.1) is 0 Å². The SMILES string of the molecule is CCNC(=O)c1ccc(NCc2cc(N(C)C)nc3ccccc23)nc1. The highest BCUT2D eigenvalue weighted by atomic mass is 16.1. The lowest BCUT2D eigenvalue weighted by atomic mass is 10.1. The number of pyridine rings is 2. The number of para-hydroxylation sites is 1. The molecular weight excluding hydrogens is 326 g/mol. The number of fused-ring (bicyclic) bond motifs is 1. The molecule has 0 aliphatic heterocycles. The molecule has 6 heteroatoms. The van der Waals surface area contributed by atoms with Gasteiger partial charge in [-0.15, -0.1) is 0 Å². The predicted molar refractivity (Wildman–Crippen MR) is 106 cm³/mol. The molecule has 6 nitrogen and oxygen atoms in total. The van der Waals surface area contributed by atoms with Gasteiger partial charge in [0.1, 0.15) is 11.6 Å². The molecule has 2 N–H and O–H groups in total. The zero-order chi connectivity index (χ0) is 18.5. The number of rotatable bonds is 6. The van der Waals surface area contributed by atoms with Crippen LogP contribution in [0.25, 0.3) is 10.9 Å². The molecule has 0 fully saturated rings. The largest absolute Gasteiger partial charge is 0.366 e. The third-order valence-electron chi connectivity index (χ3n) is 4.07. The molecule has 0 radical (unpaired) electrons. The molecule has 3 rings (SSSR count). The molecule has 1 amide bonds. The molecule has 134 valence electrons. The Kier molecular flexibility index (Phi) is 5.31. The second kappa shape index (κ2) is 7.82. The minimum absolute atomic E-state index is 0.109. The van der Waals surface area contributed by atoms with E-state index in [1.807, 2.05) is 50.2 Å². The van der Waals surface area contributed by atoms with E-state index < -0.39 is 0 Å². The highest BCUT2D eigenvalue weighted by molar-refractivity contribution is 5.94. The summed E-state index contributed by atoms with van der Waals surface area (Å²) >= 11 is 0. The standard InChI is InChI=1S/C20H23N5O/c1-4-21-20(26)14-9-10-18(22-12-14)23-13-15-11-19(25(2)3)24-17-8-6-5-7-16(15)17/h5-12H,4,13H2,1-3H3,(H,21,26)(H,22,23). The number of hydrogen-bond acceptors (Lipinski definition) is 5. The summed E-state index contributed by atoms with van der Waals surface area (Å²) in [5.41, 5.74) is 2.67. The number of anilines is 2. The molecule has 26 heavy (non-hydrogen) atoms. The summed E-state index contributed by atoms with van der Waals surface area (Å²) in [6, 6.07) is 13.8. The van der Waals surface area contributed by atoms with E-state index in [1.165, 1.54) is 0 Å². The average molecular weight is 349 g/mol. The van der Waals surface area contributed by atoms with Gasteiger partial charge >= 0.3 is 0 Å². The zero-order valence-corrected chi connectivity index (χ0v) is 15.3. The lowest BCUT2D eigenvalue weighted by Gasteiger charge is -2.15. The quantitative estimate of drug-likeness (QED) is 0.716. The van der Waals surface area contributed by atoms with Crippen molar-refractivity contribution in [2.75, 3.05) is 30.9 Å². The molecule has 3 aromatic rings. The van der Waals surface area contributed by atoms with E-state index in [4.69, 9.17) is 0 Å². The minimum Gasteiger partial charge on any atom is -0.366 e. The molecular formula is C20H23N5O. The molecule has 0 unspecified atom stereocenters. The van der Waals surface area contributed by atoms with E-state index in [0.29, 0.717) is 18.7 Å². The molecule has 0 saturated heterocycles. The molecule has 0 aliphatic rings. The number of aromatic nitrogens is 2. The van der Waals surface area contributed by atoms with Gasteiger partial charge in [-0.05, 0) is 36.8 Å². The second-order valence-electron chi connectivity index (χ2n) is 6.20. The van der Waals surface area contributed by atoms with Gasteiger partial charge in [-0.2, -0.15) is 0 Å². The maximum absolute atomic E-state index is 11.8. The van der Waals surface area contributed by atoms with Crippen LogP contribution in [0.1, 0.15) is 22.8 Å². The first-order valence-corrected chi connectivity index (χ1v) is 8.62. The van der Waals surface area contributed by atoms with Gasteiger partial charge in [0.15, 0.2) is 0 Å². The van der Waals surface area contributed by atoms with E-state index in [9.17, 15) is 4.79 Å². The fraction of sp³-hybridized carbons (Fsp3) is 0.250. The molecule has 2 aromatic heterocycles. The summed E-state index contributed by atoms with van der Waals surface area (Å²) in [5, 5.41) is 7.21. The monoisotopic (exact) mass is 349 g/mol. The van der Waals surface area contributed by atoms with Gasteiger partial charge in [0, 0.05) is 38.8 Å². The normalized spacial score (nSPS) is 10.6. The highest BCUT2D eigenvalue weighted by Crippen LogP contribution is 2.23. The van der Waals surface area contributed by atoms with E-state index in [2.05, 4.69) is 32.7 Å². The summed E-state index contributed by atoms with van der Waals surface area (Å²) < 4.78 is 0. The predicted octanol–water partition coefficient (Wildman–Crippen LogP) is 3.06.